The standard InChI is InChI=1S/C12H10ClFN2S/c13-12-4-1-8(6-16-12)7-17-11-3-2-9(14)5-10(11)15/h1-6H,7,15H2. The molecule has 0 amide bonds. The topological polar surface area (TPSA) is 38.9 Å². The molecular formula is C12H10ClFN2S. The summed E-state index contributed by atoms with van der Waals surface area (Å²) in [5.41, 5.74) is 7.21. The van der Waals surface area contributed by atoms with Gasteiger partial charge in [-0.05, 0) is 29.8 Å². The van der Waals surface area contributed by atoms with Crippen LogP contribution in [0.5, 0.6) is 0 Å². The average molecular weight is 269 g/mol. The number of hydrogen-bond acceptors (Lipinski definition) is 3. The summed E-state index contributed by atoms with van der Waals surface area (Å²) in [6.45, 7) is 0. The third kappa shape index (κ3) is 3.35. The number of nitrogens with zero attached hydrogens (tertiary/aromatic N) is 1. The maximum absolute atomic E-state index is 12.8. The van der Waals surface area contributed by atoms with E-state index >= 15 is 0 Å². The Morgan fingerprint density at radius 3 is 2.76 bits per heavy atom. The lowest BCUT2D eigenvalue weighted by Crippen LogP contribution is -1.90. The van der Waals surface area contributed by atoms with E-state index in [1.165, 1.54) is 23.9 Å². The van der Waals surface area contributed by atoms with Crippen molar-refractivity contribution < 1.29 is 4.39 Å². The van der Waals surface area contributed by atoms with Crippen molar-refractivity contribution in [1.29, 1.82) is 0 Å². The number of nitrogen functional groups attached to an aromatic ring is 1. The van der Waals surface area contributed by atoms with Gasteiger partial charge in [-0.3, -0.25) is 0 Å². The Labute approximate surface area is 108 Å². The minimum Gasteiger partial charge on any atom is -0.398 e. The second kappa shape index (κ2) is 5.38. The maximum atomic E-state index is 12.8. The molecule has 0 radical (unpaired) electrons. The highest BCUT2D eigenvalue weighted by Gasteiger charge is 2.02. The van der Waals surface area contributed by atoms with Gasteiger partial charge in [0.25, 0.3) is 0 Å². The monoisotopic (exact) mass is 268 g/mol. The van der Waals surface area contributed by atoms with Gasteiger partial charge in [0.1, 0.15) is 11.0 Å². The van der Waals surface area contributed by atoms with Gasteiger partial charge in [-0.1, -0.05) is 17.7 Å². The molecule has 1 aromatic carbocycles. The van der Waals surface area contributed by atoms with Crippen molar-refractivity contribution in [3.05, 3.63) is 53.1 Å². The molecule has 0 saturated heterocycles. The van der Waals surface area contributed by atoms with Gasteiger partial charge in [0.2, 0.25) is 0 Å². The lowest BCUT2D eigenvalue weighted by molar-refractivity contribution is 0.627. The van der Waals surface area contributed by atoms with Crippen LogP contribution in [0.1, 0.15) is 5.56 Å². The summed E-state index contributed by atoms with van der Waals surface area (Å²) in [4.78, 5) is 4.85. The minimum absolute atomic E-state index is 0.319. The lowest BCUT2D eigenvalue weighted by atomic mass is 10.3. The van der Waals surface area contributed by atoms with Crippen molar-refractivity contribution in [1.82, 2.24) is 4.98 Å². The summed E-state index contributed by atoms with van der Waals surface area (Å²) in [5, 5.41) is 0.472. The van der Waals surface area contributed by atoms with E-state index in [2.05, 4.69) is 4.98 Å². The number of pyridine rings is 1. The van der Waals surface area contributed by atoms with Crippen molar-refractivity contribution in [2.45, 2.75) is 10.6 Å². The molecule has 0 aliphatic rings. The van der Waals surface area contributed by atoms with Gasteiger partial charge in [0.05, 0.1) is 0 Å². The molecule has 0 bridgehead atoms. The molecule has 0 aliphatic carbocycles. The fraction of sp³-hybridized carbons (Fsp3) is 0.0833. The first-order valence-electron chi connectivity index (χ1n) is 4.93. The number of thioether (sulfide) groups is 1. The first kappa shape index (κ1) is 12.2. The minimum atomic E-state index is -0.319. The van der Waals surface area contributed by atoms with Crippen LogP contribution in [0.3, 0.4) is 0 Å². The van der Waals surface area contributed by atoms with E-state index in [-0.39, 0.29) is 5.82 Å². The molecule has 0 spiro atoms. The molecule has 0 fully saturated rings. The second-order valence-corrected chi connectivity index (χ2v) is 4.86. The quantitative estimate of drug-likeness (QED) is 0.523. The van der Waals surface area contributed by atoms with Crippen molar-refractivity contribution >= 4 is 29.1 Å². The molecule has 0 saturated carbocycles. The largest absolute Gasteiger partial charge is 0.398 e. The van der Waals surface area contributed by atoms with Crippen LogP contribution in [0.15, 0.2) is 41.4 Å². The van der Waals surface area contributed by atoms with Gasteiger partial charge in [-0.15, -0.1) is 11.8 Å². The number of rotatable bonds is 3. The molecule has 2 N–H and O–H groups in total. The highest BCUT2D eigenvalue weighted by atomic mass is 35.5. The number of benzene rings is 1. The van der Waals surface area contributed by atoms with Gasteiger partial charge in [0.15, 0.2) is 0 Å². The van der Waals surface area contributed by atoms with Crippen LogP contribution < -0.4 is 5.73 Å². The van der Waals surface area contributed by atoms with Crippen LogP contribution in [0.4, 0.5) is 10.1 Å². The van der Waals surface area contributed by atoms with Crippen molar-refractivity contribution in [3.63, 3.8) is 0 Å². The molecule has 2 nitrogen and oxygen atoms in total. The number of halogens is 2. The smallest absolute Gasteiger partial charge is 0.129 e. The van der Waals surface area contributed by atoms with Crippen molar-refractivity contribution in [2.75, 3.05) is 5.73 Å². The molecule has 1 aromatic heterocycles. The fourth-order valence-electron chi connectivity index (χ4n) is 1.30. The van der Waals surface area contributed by atoms with Crippen LogP contribution >= 0.6 is 23.4 Å². The summed E-state index contributed by atoms with van der Waals surface area (Å²) in [6.07, 6.45) is 1.72. The first-order chi connectivity index (χ1) is 8.15. The van der Waals surface area contributed by atoms with E-state index < -0.39 is 0 Å². The first-order valence-corrected chi connectivity index (χ1v) is 6.30. The highest BCUT2D eigenvalue weighted by Crippen LogP contribution is 2.28. The SMILES string of the molecule is Nc1cc(F)ccc1SCc1ccc(Cl)nc1. The van der Waals surface area contributed by atoms with E-state index in [1.54, 1.807) is 18.3 Å². The third-order valence-electron chi connectivity index (χ3n) is 2.15. The summed E-state index contributed by atoms with van der Waals surface area (Å²) < 4.78 is 12.8. The molecule has 5 heteroatoms. The van der Waals surface area contributed by atoms with Crippen molar-refractivity contribution in [2.24, 2.45) is 0 Å². The van der Waals surface area contributed by atoms with Gasteiger partial charge in [-0.25, -0.2) is 9.37 Å². The van der Waals surface area contributed by atoms with Crippen LogP contribution in [0, 0.1) is 5.82 Å². The van der Waals surface area contributed by atoms with Gasteiger partial charge < -0.3 is 5.73 Å². The Morgan fingerprint density at radius 2 is 2.12 bits per heavy atom. The van der Waals surface area contributed by atoms with Crippen LogP contribution in [-0.2, 0) is 5.75 Å². The molecule has 0 unspecified atom stereocenters. The number of aromatic nitrogens is 1. The Bertz CT molecular complexity index is 516. The zero-order valence-electron chi connectivity index (χ0n) is 8.86. The predicted octanol–water partition coefficient (Wildman–Crippen LogP) is 3.75. The second-order valence-electron chi connectivity index (χ2n) is 3.46. The lowest BCUT2D eigenvalue weighted by Gasteiger charge is -2.05. The number of hydrogen-bond donors (Lipinski definition) is 1. The van der Waals surface area contributed by atoms with Gasteiger partial charge >= 0.3 is 0 Å². The van der Waals surface area contributed by atoms with Gasteiger partial charge in [0, 0.05) is 22.5 Å². The predicted molar refractivity (Wildman–Crippen MR) is 69.6 cm³/mol. The molecule has 2 aromatic rings. The molecular weight excluding hydrogens is 259 g/mol. The normalized spacial score (nSPS) is 10.5. The average Bonchev–Trinajstić information content (AvgIpc) is 2.30. The molecule has 0 atom stereocenters. The zero-order valence-corrected chi connectivity index (χ0v) is 10.4. The molecule has 2 rings (SSSR count). The summed E-state index contributed by atoms with van der Waals surface area (Å²) in [5.74, 6) is 0.403. The van der Waals surface area contributed by atoms with Crippen LogP contribution in [-0.4, -0.2) is 4.98 Å². The fourth-order valence-corrected chi connectivity index (χ4v) is 2.30. The Balaban J connectivity index is 2.04. The summed E-state index contributed by atoms with van der Waals surface area (Å²) in [6, 6.07) is 8.05. The van der Waals surface area contributed by atoms with E-state index in [4.69, 9.17) is 17.3 Å². The Hall–Kier alpha value is -1.26. The Kier molecular flexibility index (Phi) is 3.86. The molecule has 1 heterocycles. The van der Waals surface area contributed by atoms with E-state index in [1.807, 2.05) is 6.07 Å². The summed E-state index contributed by atoms with van der Waals surface area (Å²) in [7, 11) is 0. The number of nitrogens with two attached hydrogens (primary N) is 1. The van der Waals surface area contributed by atoms with Crippen LogP contribution in [0.25, 0.3) is 0 Å². The van der Waals surface area contributed by atoms with E-state index in [0.29, 0.717) is 10.8 Å². The van der Waals surface area contributed by atoms with E-state index in [9.17, 15) is 4.39 Å². The molecule has 0 aliphatic heterocycles. The Morgan fingerprint density at radius 1 is 1.29 bits per heavy atom. The van der Waals surface area contributed by atoms with E-state index in [0.717, 1.165) is 16.2 Å². The molecule has 88 valence electrons. The molecule has 17 heavy (non-hydrogen) atoms. The number of anilines is 1. The highest BCUT2D eigenvalue weighted by molar-refractivity contribution is 7.98. The maximum Gasteiger partial charge on any atom is 0.129 e. The zero-order chi connectivity index (χ0) is 12.3. The van der Waals surface area contributed by atoms with Gasteiger partial charge in [-0.2, -0.15) is 0 Å². The van der Waals surface area contributed by atoms with Crippen molar-refractivity contribution in [3.8, 4) is 0 Å². The third-order valence-corrected chi connectivity index (χ3v) is 3.54. The van der Waals surface area contributed by atoms with Crippen LogP contribution in [0.2, 0.25) is 5.15 Å². The summed E-state index contributed by atoms with van der Waals surface area (Å²) >= 11 is 7.23.